The third-order valence-corrected chi connectivity index (χ3v) is 5.50. The van der Waals surface area contributed by atoms with Crippen molar-refractivity contribution in [1.29, 1.82) is 0 Å². The Balaban J connectivity index is 2.24. The minimum atomic E-state index is -3.43. The zero-order valence-corrected chi connectivity index (χ0v) is 13.1. The van der Waals surface area contributed by atoms with Crippen LogP contribution in [-0.2, 0) is 10.0 Å². The van der Waals surface area contributed by atoms with Crippen LogP contribution in [0.15, 0.2) is 23.1 Å². The second-order valence-corrected chi connectivity index (χ2v) is 7.55. The molecule has 0 spiro atoms. The van der Waals surface area contributed by atoms with Gasteiger partial charge in [0.2, 0.25) is 10.0 Å². The molecule has 0 radical (unpaired) electrons. The van der Waals surface area contributed by atoms with Crippen LogP contribution < -0.4 is 15.4 Å². The van der Waals surface area contributed by atoms with E-state index in [-0.39, 0.29) is 4.90 Å². The summed E-state index contributed by atoms with van der Waals surface area (Å²) in [7, 11) is -2.04. The van der Waals surface area contributed by atoms with E-state index in [2.05, 4.69) is 23.5 Å². The normalized spacial score (nSPS) is 19.8. The monoisotopic (exact) mass is 297 g/mol. The van der Waals surface area contributed by atoms with Gasteiger partial charge in [0.15, 0.2) is 0 Å². The van der Waals surface area contributed by atoms with Gasteiger partial charge in [0.05, 0.1) is 16.3 Å². The third kappa shape index (κ3) is 2.91. The highest BCUT2D eigenvalue weighted by Gasteiger charge is 2.26. The quantitative estimate of drug-likeness (QED) is 0.829. The molecule has 0 aliphatic carbocycles. The molecule has 1 aliphatic heterocycles. The molecule has 6 heteroatoms. The summed E-state index contributed by atoms with van der Waals surface area (Å²) in [4.78, 5) is 2.45. The number of hydrogen-bond donors (Lipinski definition) is 2. The van der Waals surface area contributed by atoms with E-state index < -0.39 is 10.0 Å². The molecule has 1 saturated heterocycles. The molecule has 2 rings (SSSR count). The maximum absolute atomic E-state index is 11.7. The molecule has 5 nitrogen and oxygen atoms in total. The topological polar surface area (TPSA) is 75.4 Å². The van der Waals surface area contributed by atoms with Gasteiger partial charge in [-0.2, -0.15) is 0 Å². The fourth-order valence-electron chi connectivity index (χ4n) is 2.66. The van der Waals surface area contributed by atoms with Gasteiger partial charge in [-0.25, -0.2) is 13.1 Å². The number of rotatable bonds is 4. The van der Waals surface area contributed by atoms with Crippen molar-refractivity contribution in [2.45, 2.75) is 25.2 Å². The summed E-state index contributed by atoms with van der Waals surface area (Å²) in [6, 6.07) is 4.95. The van der Waals surface area contributed by atoms with E-state index >= 15 is 0 Å². The van der Waals surface area contributed by atoms with Crippen LogP contribution >= 0.6 is 0 Å². The average Bonchev–Trinajstić information content (AvgIpc) is 2.88. The molecule has 0 amide bonds. The average molecular weight is 297 g/mol. The standard InChI is InChI=1S/C14H23N3O2S/c1-10(2)11-6-7-17(9-11)14-5-4-12(8-13(14)15)20(18,19)16-3/h4-5,8,10-11,16H,6-7,9,15H2,1-3H3. The highest BCUT2D eigenvalue weighted by atomic mass is 32.2. The number of nitrogens with one attached hydrogen (secondary N) is 1. The minimum absolute atomic E-state index is 0.209. The van der Waals surface area contributed by atoms with Crippen LogP contribution in [0, 0.1) is 11.8 Å². The van der Waals surface area contributed by atoms with Gasteiger partial charge in [0, 0.05) is 13.1 Å². The summed E-state index contributed by atoms with van der Waals surface area (Å²) in [5.74, 6) is 1.33. The van der Waals surface area contributed by atoms with Gasteiger partial charge in [-0.05, 0) is 43.5 Å². The van der Waals surface area contributed by atoms with E-state index in [1.165, 1.54) is 13.1 Å². The van der Waals surface area contributed by atoms with Gasteiger partial charge in [-0.15, -0.1) is 0 Å². The molecule has 0 saturated carbocycles. The Morgan fingerprint density at radius 1 is 1.40 bits per heavy atom. The summed E-state index contributed by atoms with van der Waals surface area (Å²) in [6.45, 7) is 6.44. The highest BCUT2D eigenvalue weighted by Crippen LogP contribution is 2.32. The summed E-state index contributed by atoms with van der Waals surface area (Å²) >= 11 is 0. The number of hydrogen-bond acceptors (Lipinski definition) is 4. The Kier molecular flexibility index (Phi) is 4.25. The van der Waals surface area contributed by atoms with Crippen molar-refractivity contribution < 1.29 is 8.42 Å². The van der Waals surface area contributed by atoms with Crippen LogP contribution in [0.5, 0.6) is 0 Å². The summed E-state index contributed by atoms with van der Waals surface area (Å²) in [6.07, 6.45) is 1.16. The molecule has 1 unspecified atom stereocenters. The molecule has 0 bridgehead atoms. The Labute approximate surface area is 121 Å². The first-order valence-electron chi connectivity index (χ1n) is 6.93. The van der Waals surface area contributed by atoms with E-state index in [1.807, 2.05) is 6.07 Å². The smallest absolute Gasteiger partial charge is 0.240 e. The molecule has 1 aliphatic rings. The predicted molar refractivity (Wildman–Crippen MR) is 82.3 cm³/mol. The van der Waals surface area contributed by atoms with Gasteiger partial charge in [-0.1, -0.05) is 13.8 Å². The minimum Gasteiger partial charge on any atom is -0.397 e. The van der Waals surface area contributed by atoms with Gasteiger partial charge in [-0.3, -0.25) is 0 Å². The number of anilines is 2. The van der Waals surface area contributed by atoms with Gasteiger partial charge in [0.25, 0.3) is 0 Å². The van der Waals surface area contributed by atoms with Crippen molar-refractivity contribution >= 4 is 21.4 Å². The lowest BCUT2D eigenvalue weighted by molar-refractivity contribution is 0.423. The fraction of sp³-hybridized carbons (Fsp3) is 0.571. The van der Waals surface area contributed by atoms with Crippen LogP contribution in [0.1, 0.15) is 20.3 Å². The number of benzene rings is 1. The van der Waals surface area contributed by atoms with E-state index in [1.54, 1.807) is 6.07 Å². The molecule has 1 fully saturated rings. The Hall–Kier alpha value is -1.27. The van der Waals surface area contributed by atoms with Crippen LogP contribution in [0.3, 0.4) is 0 Å². The predicted octanol–water partition coefficient (Wildman–Crippen LogP) is 1.66. The van der Waals surface area contributed by atoms with E-state index in [0.717, 1.165) is 25.2 Å². The number of sulfonamides is 1. The summed E-state index contributed by atoms with van der Waals surface area (Å²) in [5.41, 5.74) is 7.49. The second kappa shape index (κ2) is 5.61. The zero-order chi connectivity index (χ0) is 14.9. The maximum Gasteiger partial charge on any atom is 0.240 e. The lowest BCUT2D eigenvalue weighted by Gasteiger charge is -2.22. The number of nitrogens with two attached hydrogens (primary N) is 1. The first-order valence-corrected chi connectivity index (χ1v) is 8.41. The second-order valence-electron chi connectivity index (χ2n) is 5.67. The Morgan fingerprint density at radius 3 is 2.60 bits per heavy atom. The van der Waals surface area contributed by atoms with Gasteiger partial charge < -0.3 is 10.6 Å². The Bertz CT molecular complexity index is 584. The SMILES string of the molecule is CNS(=O)(=O)c1ccc(N2CCC(C(C)C)C2)c(N)c1. The first-order chi connectivity index (χ1) is 9.35. The lowest BCUT2D eigenvalue weighted by atomic mass is 9.95. The van der Waals surface area contributed by atoms with Crippen molar-refractivity contribution in [1.82, 2.24) is 4.72 Å². The molecule has 0 aromatic heterocycles. The molecular formula is C14H23N3O2S. The van der Waals surface area contributed by atoms with Crippen molar-refractivity contribution in [3.05, 3.63) is 18.2 Å². The molecule has 20 heavy (non-hydrogen) atoms. The van der Waals surface area contributed by atoms with Crippen LogP contribution in [0.2, 0.25) is 0 Å². The van der Waals surface area contributed by atoms with Gasteiger partial charge in [0.1, 0.15) is 0 Å². The van der Waals surface area contributed by atoms with E-state index in [0.29, 0.717) is 17.5 Å². The van der Waals surface area contributed by atoms with Crippen LogP contribution in [0.25, 0.3) is 0 Å². The fourth-order valence-corrected chi connectivity index (χ4v) is 3.42. The largest absolute Gasteiger partial charge is 0.397 e. The van der Waals surface area contributed by atoms with E-state index in [4.69, 9.17) is 5.73 Å². The molecular weight excluding hydrogens is 274 g/mol. The molecule has 1 atom stereocenters. The van der Waals surface area contributed by atoms with E-state index in [9.17, 15) is 8.42 Å². The number of nitrogen functional groups attached to an aromatic ring is 1. The molecule has 3 N–H and O–H groups in total. The van der Waals surface area contributed by atoms with Crippen molar-refractivity contribution in [2.24, 2.45) is 11.8 Å². The summed E-state index contributed by atoms with van der Waals surface area (Å²) in [5, 5.41) is 0. The molecule has 1 aromatic carbocycles. The highest BCUT2D eigenvalue weighted by molar-refractivity contribution is 7.89. The zero-order valence-electron chi connectivity index (χ0n) is 12.3. The summed E-state index contributed by atoms with van der Waals surface area (Å²) < 4.78 is 25.8. The van der Waals surface area contributed by atoms with Gasteiger partial charge >= 0.3 is 0 Å². The lowest BCUT2D eigenvalue weighted by Crippen LogP contribution is -2.23. The van der Waals surface area contributed by atoms with Crippen molar-refractivity contribution in [2.75, 3.05) is 30.8 Å². The third-order valence-electron chi connectivity index (χ3n) is 4.09. The molecule has 1 heterocycles. The van der Waals surface area contributed by atoms with Crippen LogP contribution in [0.4, 0.5) is 11.4 Å². The van der Waals surface area contributed by atoms with Crippen molar-refractivity contribution in [3.8, 4) is 0 Å². The maximum atomic E-state index is 11.7. The van der Waals surface area contributed by atoms with Crippen molar-refractivity contribution in [3.63, 3.8) is 0 Å². The Morgan fingerprint density at radius 2 is 2.10 bits per heavy atom. The number of nitrogens with zero attached hydrogens (tertiary/aromatic N) is 1. The first kappa shape index (κ1) is 15.1. The molecule has 112 valence electrons. The van der Waals surface area contributed by atoms with Crippen LogP contribution in [-0.4, -0.2) is 28.6 Å². The molecule has 1 aromatic rings.